The van der Waals surface area contributed by atoms with E-state index in [4.69, 9.17) is 4.42 Å². The summed E-state index contributed by atoms with van der Waals surface area (Å²) in [6.07, 6.45) is 2.36. The molecule has 0 spiro atoms. The van der Waals surface area contributed by atoms with Gasteiger partial charge in [-0.2, -0.15) is 0 Å². The third-order valence-corrected chi connectivity index (χ3v) is 3.70. The van der Waals surface area contributed by atoms with E-state index in [0.29, 0.717) is 5.92 Å². The Labute approximate surface area is 108 Å². The second kappa shape index (κ2) is 4.99. The van der Waals surface area contributed by atoms with Gasteiger partial charge in [-0.3, -0.25) is 0 Å². The fraction of sp³-hybridized carbons (Fsp3) is 0.375. The molecule has 2 nitrogen and oxygen atoms in total. The van der Waals surface area contributed by atoms with E-state index in [1.165, 1.54) is 24.0 Å². The molecule has 94 valence electrons. The van der Waals surface area contributed by atoms with Gasteiger partial charge < -0.3 is 9.73 Å². The normalized spacial score (nSPS) is 16.9. The summed E-state index contributed by atoms with van der Waals surface area (Å²) in [5.41, 5.74) is 2.45. The molecule has 3 rings (SSSR count). The predicted molar refractivity (Wildman–Crippen MR) is 73.7 cm³/mol. The lowest BCUT2D eigenvalue weighted by Crippen LogP contribution is -2.26. The fourth-order valence-corrected chi connectivity index (χ4v) is 2.55. The van der Waals surface area contributed by atoms with Crippen molar-refractivity contribution in [3.8, 4) is 11.3 Å². The minimum atomic E-state index is 0.588. The van der Waals surface area contributed by atoms with Crippen molar-refractivity contribution in [2.45, 2.75) is 25.7 Å². The van der Waals surface area contributed by atoms with E-state index >= 15 is 0 Å². The van der Waals surface area contributed by atoms with Gasteiger partial charge in [0.15, 0.2) is 0 Å². The maximum atomic E-state index is 6.02. The summed E-state index contributed by atoms with van der Waals surface area (Å²) in [6, 6.07) is 12.7. The quantitative estimate of drug-likeness (QED) is 0.866. The van der Waals surface area contributed by atoms with E-state index in [0.717, 1.165) is 24.6 Å². The number of furan rings is 1. The Hall–Kier alpha value is -1.54. The highest BCUT2D eigenvalue weighted by molar-refractivity contribution is 5.58. The van der Waals surface area contributed by atoms with Crippen molar-refractivity contribution in [3.63, 3.8) is 0 Å². The van der Waals surface area contributed by atoms with Gasteiger partial charge in [-0.15, -0.1) is 0 Å². The van der Waals surface area contributed by atoms with Crippen molar-refractivity contribution >= 4 is 0 Å². The molecule has 2 heteroatoms. The second-order valence-corrected chi connectivity index (χ2v) is 5.09. The van der Waals surface area contributed by atoms with E-state index in [9.17, 15) is 0 Å². The molecule has 0 unspecified atom stereocenters. The van der Waals surface area contributed by atoms with Crippen LogP contribution in [0.1, 0.15) is 30.1 Å². The number of benzene rings is 1. The fourth-order valence-electron chi connectivity index (χ4n) is 2.55. The molecule has 0 saturated carbocycles. The van der Waals surface area contributed by atoms with E-state index in [1.807, 2.05) is 0 Å². The number of hydrogen-bond acceptors (Lipinski definition) is 2. The Kier molecular flexibility index (Phi) is 3.20. The summed E-state index contributed by atoms with van der Waals surface area (Å²) in [4.78, 5) is 0. The first kappa shape index (κ1) is 11.5. The molecule has 1 saturated heterocycles. The summed E-state index contributed by atoms with van der Waals surface area (Å²) in [5, 5.41) is 3.39. The highest BCUT2D eigenvalue weighted by atomic mass is 16.3. The molecule has 0 bridgehead atoms. The molecule has 1 aromatic carbocycles. The molecule has 1 aliphatic heterocycles. The number of rotatable bonds is 2. The number of nitrogens with one attached hydrogen (secondary N) is 1. The molecule has 0 amide bonds. The molecule has 2 heterocycles. The van der Waals surface area contributed by atoms with E-state index in [-0.39, 0.29) is 0 Å². The van der Waals surface area contributed by atoms with Crippen LogP contribution in [-0.2, 0) is 0 Å². The highest BCUT2D eigenvalue weighted by Gasteiger charge is 2.18. The molecule has 1 N–H and O–H groups in total. The first-order chi connectivity index (χ1) is 8.83. The molecule has 0 atom stereocenters. The summed E-state index contributed by atoms with van der Waals surface area (Å²) < 4.78 is 6.02. The Balaban J connectivity index is 1.82. The van der Waals surface area contributed by atoms with Crippen LogP contribution in [0.3, 0.4) is 0 Å². The van der Waals surface area contributed by atoms with Crippen molar-refractivity contribution in [1.82, 2.24) is 5.32 Å². The Bertz CT molecular complexity index is 506. The maximum Gasteiger partial charge on any atom is 0.134 e. The van der Waals surface area contributed by atoms with E-state index < -0.39 is 0 Å². The zero-order valence-corrected chi connectivity index (χ0v) is 10.8. The smallest absolute Gasteiger partial charge is 0.134 e. The number of piperidine rings is 1. The molecule has 18 heavy (non-hydrogen) atoms. The molecule has 0 radical (unpaired) electrons. The summed E-state index contributed by atoms with van der Waals surface area (Å²) in [5.74, 6) is 2.72. The van der Waals surface area contributed by atoms with Crippen molar-refractivity contribution in [2.75, 3.05) is 13.1 Å². The zero-order chi connectivity index (χ0) is 12.4. The lowest BCUT2D eigenvalue weighted by atomic mass is 9.96. The topological polar surface area (TPSA) is 25.2 Å². The van der Waals surface area contributed by atoms with E-state index in [2.05, 4.69) is 48.6 Å². The minimum Gasteiger partial charge on any atom is -0.461 e. The van der Waals surface area contributed by atoms with Gasteiger partial charge >= 0.3 is 0 Å². The Morgan fingerprint density at radius 3 is 2.44 bits per heavy atom. The van der Waals surface area contributed by atoms with Crippen molar-refractivity contribution in [1.29, 1.82) is 0 Å². The third kappa shape index (κ3) is 2.34. The molecular formula is C16H19NO. The van der Waals surface area contributed by atoms with Gasteiger partial charge in [0.2, 0.25) is 0 Å². The van der Waals surface area contributed by atoms with Gasteiger partial charge in [0.25, 0.3) is 0 Å². The van der Waals surface area contributed by atoms with Crippen LogP contribution < -0.4 is 5.32 Å². The average molecular weight is 241 g/mol. The summed E-state index contributed by atoms with van der Waals surface area (Å²) in [7, 11) is 0. The largest absolute Gasteiger partial charge is 0.461 e. The molecule has 0 aliphatic carbocycles. The molecule has 1 fully saturated rings. The SMILES string of the molecule is Cc1ccc(-c2ccc(C3CCNCC3)o2)cc1. The van der Waals surface area contributed by atoms with Crippen LogP contribution in [-0.4, -0.2) is 13.1 Å². The maximum absolute atomic E-state index is 6.02. The van der Waals surface area contributed by atoms with Gasteiger partial charge in [0.1, 0.15) is 11.5 Å². The van der Waals surface area contributed by atoms with Crippen LogP contribution in [0.25, 0.3) is 11.3 Å². The molecule has 1 aromatic heterocycles. The molecular weight excluding hydrogens is 222 g/mol. The third-order valence-electron chi connectivity index (χ3n) is 3.70. The second-order valence-electron chi connectivity index (χ2n) is 5.09. The van der Waals surface area contributed by atoms with Crippen LogP contribution in [0, 0.1) is 6.92 Å². The van der Waals surface area contributed by atoms with Crippen LogP contribution in [0.5, 0.6) is 0 Å². The van der Waals surface area contributed by atoms with E-state index in [1.54, 1.807) is 0 Å². The standard InChI is InChI=1S/C16H19NO/c1-12-2-4-13(5-3-12)15-6-7-16(18-15)14-8-10-17-11-9-14/h2-7,14,17H,8-11H2,1H3. The van der Waals surface area contributed by atoms with Crippen LogP contribution >= 0.6 is 0 Å². The van der Waals surface area contributed by atoms with Crippen LogP contribution in [0.2, 0.25) is 0 Å². The van der Waals surface area contributed by atoms with Crippen LogP contribution in [0.4, 0.5) is 0 Å². The van der Waals surface area contributed by atoms with Crippen molar-refractivity contribution in [2.24, 2.45) is 0 Å². The first-order valence-electron chi connectivity index (χ1n) is 6.70. The van der Waals surface area contributed by atoms with Gasteiger partial charge in [-0.1, -0.05) is 29.8 Å². The monoisotopic (exact) mass is 241 g/mol. The molecule has 1 aliphatic rings. The van der Waals surface area contributed by atoms with Crippen molar-refractivity contribution in [3.05, 3.63) is 47.7 Å². The Morgan fingerprint density at radius 2 is 1.72 bits per heavy atom. The number of aryl methyl sites for hydroxylation is 1. The molecule has 2 aromatic rings. The van der Waals surface area contributed by atoms with Crippen LogP contribution in [0.15, 0.2) is 40.8 Å². The summed E-state index contributed by atoms with van der Waals surface area (Å²) >= 11 is 0. The number of hydrogen-bond donors (Lipinski definition) is 1. The van der Waals surface area contributed by atoms with Gasteiger partial charge in [0, 0.05) is 11.5 Å². The van der Waals surface area contributed by atoms with Gasteiger partial charge in [-0.05, 0) is 45.0 Å². The van der Waals surface area contributed by atoms with Gasteiger partial charge in [-0.25, -0.2) is 0 Å². The average Bonchev–Trinajstić information content (AvgIpc) is 2.90. The minimum absolute atomic E-state index is 0.588. The lowest BCUT2D eigenvalue weighted by molar-refractivity contribution is 0.390. The van der Waals surface area contributed by atoms with Crippen molar-refractivity contribution < 1.29 is 4.42 Å². The Morgan fingerprint density at radius 1 is 1.00 bits per heavy atom. The first-order valence-corrected chi connectivity index (χ1v) is 6.70. The van der Waals surface area contributed by atoms with Gasteiger partial charge in [0.05, 0.1) is 0 Å². The summed E-state index contributed by atoms with van der Waals surface area (Å²) in [6.45, 7) is 4.31. The zero-order valence-electron chi connectivity index (χ0n) is 10.8. The lowest BCUT2D eigenvalue weighted by Gasteiger charge is -2.20. The predicted octanol–water partition coefficient (Wildman–Crippen LogP) is 3.72. The highest BCUT2D eigenvalue weighted by Crippen LogP contribution is 2.30.